The molecule has 3 N–H and O–H groups in total. The molecule has 2 heterocycles. The molecule has 0 saturated carbocycles. The largest absolute Gasteiger partial charge is 0.497 e. The predicted octanol–water partition coefficient (Wildman–Crippen LogP) is 2.66. The Balaban J connectivity index is 1.54. The molecule has 28 heavy (non-hydrogen) atoms. The zero-order valence-corrected chi connectivity index (χ0v) is 16.0. The standard InChI is InChI=1S/C22H25N3O3/c1-28-17-6-3-14(4-7-17)18-8-10-23-11-9-19(18)22(27)25-16-5-2-15-13-24-21(26)20(15)12-16/h2-7,12,18-19,23H,8-11,13H2,1H3,(H,24,26)(H,25,27). The molecule has 1 fully saturated rings. The molecule has 2 aliphatic heterocycles. The molecule has 2 aromatic carbocycles. The van der Waals surface area contributed by atoms with Gasteiger partial charge in [0.25, 0.3) is 5.91 Å². The maximum absolute atomic E-state index is 13.1. The van der Waals surface area contributed by atoms with Crippen molar-refractivity contribution in [2.45, 2.75) is 25.3 Å². The maximum atomic E-state index is 13.1. The zero-order chi connectivity index (χ0) is 19.5. The summed E-state index contributed by atoms with van der Waals surface area (Å²) >= 11 is 0. The lowest BCUT2D eigenvalue weighted by atomic mass is 9.82. The van der Waals surface area contributed by atoms with Gasteiger partial charge in [-0.25, -0.2) is 0 Å². The quantitative estimate of drug-likeness (QED) is 0.763. The second-order valence-corrected chi connectivity index (χ2v) is 7.36. The number of fused-ring (bicyclic) bond motifs is 1. The fourth-order valence-electron chi connectivity index (χ4n) is 4.13. The van der Waals surface area contributed by atoms with Crippen LogP contribution in [0.5, 0.6) is 5.75 Å². The molecule has 1 saturated heterocycles. The van der Waals surface area contributed by atoms with Crippen LogP contribution < -0.4 is 20.7 Å². The number of hydrogen-bond acceptors (Lipinski definition) is 4. The summed E-state index contributed by atoms with van der Waals surface area (Å²) in [4.78, 5) is 25.0. The molecule has 0 radical (unpaired) electrons. The van der Waals surface area contributed by atoms with Crippen molar-refractivity contribution in [2.24, 2.45) is 5.92 Å². The van der Waals surface area contributed by atoms with E-state index in [1.54, 1.807) is 13.2 Å². The maximum Gasteiger partial charge on any atom is 0.251 e. The van der Waals surface area contributed by atoms with Gasteiger partial charge in [-0.2, -0.15) is 0 Å². The van der Waals surface area contributed by atoms with E-state index in [4.69, 9.17) is 4.74 Å². The summed E-state index contributed by atoms with van der Waals surface area (Å²) in [7, 11) is 1.65. The van der Waals surface area contributed by atoms with E-state index in [2.05, 4.69) is 28.1 Å². The van der Waals surface area contributed by atoms with Gasteiger partial charge in [0, 0.05) is 23.7 Å². The average molecular weight is 379 g/mol. The summed E-state index contributed by atoms with van der Waals surface area (Å²) in [6.45, 7) is 2.26. The van der Waals surface area contributed by atoms with Crippen molar-refractivity contribution in [1.29, 1.82) is 0 Å². The Bertz CT molecular complexity index is 879. The van der Waals surface area contributed by atoms with Gasteiger partial charge in [0.15, 0.2) is 0 Å². The molecule has 0 aromatic heterocycles. The Hall–Kier alpha value is -2.86. The summed E-state index contributed by atoms with van der Waals surface area (Å²) in [6, 6.07) is 13.5. The van der Waals surface area contributed by atoms with E-state index in [9.17, 15) is 9.59 Å². The van der Waals surface area contributed by atoms with Crippen LogP contribution in [0.3, 0.4) is 0 Å². The van der Waals surface area contributed by atoms with Crippen molar-refractivity contribution in [3.8, 4) is 5.75 Å². The summed E-state index contributed by atoms with van der Waals surface area (Å²) < 4.78 is 5.26. The fraction of sp³-hybridized carbons (Fsp3) is 0.364. The molecule has 2 aromatic rings. The third-order valence-electron chi connectivity index (χ3n) is 5.69. The lowest BCUT2D eigenvalue weighted by molar-refractivity contribution is -0.120. The molecule has 2 amide bonds. The molecule has 2 atom stereocenters. The minimum Gasteiger partial charge on any atom is -0.497 e. The predicted molar refractivity (Wildman–Crippen MR) is 108 cm³/mol. The Morgan fingerprint density at radius 1 is 1.11 bits per heavy atom. The molecule has 146 valence electrons. The Kier molecular flexibility index (Phi) is 5.30. The van der Waals surface area contributed by atoms with Gasteiger partial charge in [-0.15, -0.1) is 0 Å². The summed E-state index contributed by atoms with van der Waals surface area (Å²) in [5.41, 5.74) is 3.44. The molecule has 2 aliphatic rings. The van der Waals surface area contributed by atoms with Crippen molar-refractivity contribution >= 4 is 17.5 Å². The molecule has 6 heteroatoms. The molecule has 2 unspecified atom stereocenters. The molecular formula is C22H25N3O3. The van der Waals surface area contributed by atoms with Crippen molar-refractivity contribution in [1.82, 2.24) is 10.6 Å². The van der Waals surface area contributed by atoms with E-state index in [0.717, 1.165) is 42.8 Å². The summed E-state index contributed by atoms with van der Waals surface area (Å²) in [6.07, 6.45) is 1.67. The second-order valence-electron chi connectivity index (χ2n) is 7.36. The van der Waals surface area contributed by atoms with Gasteiger partial charge in [0.1, 0.15) is 5.75 Å². The van der Waals surface area contributed by atoms with Crippen LogP contribution in [-0.2, 0) is 11.3 Å². The van der Waals surface area contributed by atoms with Crippen LogP contribution >= 0.6 is 0 Å². The second kappa shape index (κ2) is 8.02. The average Bonchev–Trinajstić information content (AvgIpc) is 2.93. The van der Waals surface area contributed by atoms with Crippen molar-refractivity contribution in [2.75, 3.05) is 25.5 Å². The summed E-state index contributed by atoms with van der Waals surface area (Å²) in [5, 5.41) is 9.25. The first kappa shape index (κ1) is 18.5. The number of carbonyl (C=O) groups is 2. The van der Waals surface area contributed by atoms with Gasteiger partial charge < -0.3 is 20.7 Å². The van der Waals surface area contributed by atoms with Gasteiger partial charge in [0.2, 0.25) is 5.91 Å². The topological polar surface area (TPSA) is 79.5 Å². The van der Waals surface area contributed by atoms with E-state index >= 15 is 0 Å². The SMILES string of the molecule is COc1ccc(C2CCNCCC2C(=O)Nc2ccc3c(c2)C(=O)NC3)cc1. The normalized spacial score (nSPS) is 21.4. The van der Waals surface area contributed by atoms with Gasteiger partial charge in [-0.3, -0.25) is 9.59 Å². The van der Waals surface area contributed by atoms with Gasteiger partial charge >= 0.3 is 0 Å². The number of anilines is 1. The zero-order valence-electron chi connectivity index (χ0n) is 16.0. The first-order valence-corrected chi connectivity index (χ1v) is 9.72. The fourth-order valence-corrected chi connectivity index (χ4v) is 4.13. The van der Waals surface area contributed by atoms with Crippen molar-refractivity contribution in [3.63, 3.8) is 0 Å². The lowest BCUT2D eigenvalue weighted by Gasteiger charge is -2.25. The highest BCUT2D eigenvalue weighted by molar-refractivity contribution is 6.00. The van der Waals surface area contributed by atoms with Gasteiger partial charge in [0.05, 0.1) is 7.11 Å². The lowest BCUT2D eigenvalue weighted by Crippen LogP contribution is -2.28. The van der Waals surface area contributed by atoms with E-state index < -0.39 is 0 Å². The third-order valence-corrected chi connectivity index (χ3v) is 5.69. The number of benzene rings is 2. The van der Waals surface area contributed by atoms with Crippen LogP contribution in [-0.4, -0.2) is 32.0 Å². The summed E-state index contributed by atoms with van der Waals surface area (Å²) in [5.74, 6) is 0.737. The van der Waals surface area contributed by atoms with Gasteiger partial charge in [-0.05, 0) is 67.2 Å². The molecular weight excluding hydrogens is 354 g/mol. The molecule has 6 nitrogen and oxygen atoms in total. The number of amides is 2. The number of rotatable bonds is 4. The number of carbonyl (C=O) groups excluding carboxylic acids is 2. The van der Waals surface area contributed by atoms with Crippen LogP contribution in [0, 0.1) is 5.92 Å². The highest BCUT2D eigenvalue weighted by Gasteiger charge is 2.31. The first-order chi connectivity index (χ1) is 13.7. The van der Waals surface area contributed by atoms with E-state index in [0.29, 0.717) is 17.8 Å². The highest BCUT2D eigenvalue weighted by Crippen LogP contribution is 2.34. The Morgan fingerprint density at radius 2 is 1.89 bits per heavy atom. The smallest absolute Gasteiger partial charge is 0.251 e. The van der Waals surface area contributed by atoms with Crippen LogP contribution in [0.25, 0.3) is 0 Å². The minimum atomic E-state index is -0.134. The number of hydrogen-bond donors (Lipinski definition) is 3. The van der Waals surface area contributed by atoms with Crippen LogP contribution in [0.4, 0.5) is 5.69 Å². The van der Waals surface area contributed by atoms with Crippen LogP contribution in [0.2, 0.25) is 0 Å². The molecule has 0 spiro atoms. The van der Waals surface area contributed by atoms with E-state index in [1.807, 2.05) is 24.3 Å². The number of nitrogens with one attached hydrogen (secondary N) is 3. The monoisotopic (exact) mass is 379 g/mol. The third kappa shape index (κ3) is 3.73. The number of ether oxygens (including phenoxy) is 1. The molecule has 0 aliphatic carbocycles. The van der Waals surface area contributed by atoms with E-state index in [-0.39, 0.29) is 23.7 Å². The minimum absolute atomic E-state index is 0.00266. The van der Waals surface area contributed by atoms with Crippen molar-refractivity contribution < 1.29 is 14.3 Å². The first-order valence-electron chi connectivity index (χ1n) is 9.72. The Labute approximate surface area is 164 Å². The van der Waals surface area contributed by atoms with Gasteiger partial charge in [-0.1, -0.05) is 18.2 Å². The van der Waals surface area contributed by atoms with Crippen LogP contribution in [0.1, 0.15) is 40.2 Å². The molecule has 0 bridgehead atoms. The van der Waals surface area contributed by atoms with E-state index in [1.165, 1.54) is 0 Å². The molecule has 4 rings (SSSR count). The van der Waals surface area contributed by atoms with Crippen LogP contribution in [0.15, 0.2) is 42.5 Å². The highest BCUT2D eigenvalue weighted by atomic mass is 16.5. The van der Waals surface area contributed by atoms with Crippen molar-refractivity contribution in [3.05, 3.63) is 59.2 Å². The Morgan fingerprint density at radius 3 is 2.68 bits per heavy atom. The number of methoxy groups -OCH3 is 1.